The molecule has 0 aliphatic carbocycles. The number of hydrogen-bond donors (Lipinski definition) is 1. The van der Waals surface area contributed by atoms with E-state index < -0.39 is 10.0 Å². The van der Waals surface area contributed by atoms with E-state index in [-0.39, 0.29) is 21.7 Å². The number of amides is 1. The van der Waals surface area contributed by atoms with Gasteiger partial charge < -0.3 is 10.2 Å². The fourth-order valence-corrected chi connectivity index (χ4v) is 5.82. The third-order valence-corrected chi connectivity index (χ3v) is 7.54. The highest BCUT2D eigenvalue weighted by Gasteiger charge is 2.32. The number of halogens is 1. The van der Waals surface area contributed by atoms with Crippen LogP contribution in [0.25, 0.3) is 0 Å². The predicted molar refractivity (Wildman–Crippen MR) is 109 cm³/mol. The van der Waals surface area contributed by atoms with Crippen LogP contribution in [0.3, 0.4) is 0 Å². The third kappa shape index (κ3) is 4.45. The Morgan fingerprint density at radius 3 is 2.33 bits per heavy atom. The lowest BCUT2D eigenvalue weighted by molar-refractivity contribution is 0.0944. The van der Waals surface area contributed by atoms with Gasteiger partial charge in [0, 0.05) is 42.9 Å². The van der Waals surface area contributed by atoms with Gasteiger partial charge in [0.15, 0.2) is 0 Å². The Balaban J connectivity index is 1.73. The largest absolute Gasteiger partial charge is 0.369 e. The van der Waals surface area contributed by atoms with Crippen LogP contribution in [0, 0.1) is 0 Å². The molecular formula is C18H22ClN3O3S2. The molecule has 2 aromatic rings. The van der Waals surface area contributed by atoms with Crippen molar-refractivity contribution in [1.82, 2.24) is 9.62 Å². The first kappa shape index (κ1) is 20.1. The van der Waals surface area contributed by atoms with Crippen LogP contribution in [-0.4, -0.2) is 50.9 Å². The Labute approximate surface area is 168 Å². The molecule has 1 aromatic heterocycles. The lowest BCUT2D eigenvalue weighted by Gasteiger charge is -2.35. The quantitative estimate of drug-likeness (QED) is 0.796. The standard InChI is InChI=1S/C18H22ClN3O3S2/c1-13(2)20-18(23)17-16(7-12-26-17)27(24,25)22-10-8-21(9-11-22)15-5-3-14(19)4-6-15/h3-7,12-13H,8-11H2,1-2H3,(H,20,23). The summed E-state index contributed by atoms with van der Waals surface area (Å²) in [7, 11) is -3.71. The maximum Gasteiger partial charge on any atom is 0.262 e. The maximum atomic E-state index is 13.1. The Morgan fingerprint density at radius 2 is 1.74 bits per heavy atom. The van der Waals surface area contributed by atoms with Gasteiger partial charge >= 0.3 is 0 Å². The van der Waals surface area contributed by atoms with E-state index in [4.69, 9.17) is 11.6 Å². The number of piperazine rings is 1. The third-order valence-electron chi connectivity index (χ3n) is 4.30. The second-order valence-corrected chi connectivity index (χ2v) is 9.87. The van der Waals surface area contributed by atoms with Crippen molar-refractivity contribution < 1.29 is 13.2 Å². The van der Waals surface area contributed by atoms with Crippen molar-refractivity contribution in [3.8, 4) is 0 Å². The minimum atomic E-state index is -3.71. The summed E-state index contributed by atoms with van der Waals surface area (Å²) in [6.45, 7) is 5.58. The monoisotopic (exact) mass is 427 g/mol. The predicted octanol–water partition coefficient (Wildman–Crippen LogP) is 3.05. The number of anilines is 1. The summed E-state index contributed by atoms with van der Waals surface area (Å²) in [4.78, 5) is 14.8. The number of nitrogens with zero attached hydrogens (tertiary/aromatic N) is 2. The highest BCUT2D eigenvalue weighted by Crippen LogP contribution is 2.27. The van der Waals surface area contributed by atoms with Gasteiger partial charge in [0.2, 0.25) is 10.0 Å². The minimum absolute atomic E-state index is 0.0573. The van der Waals surface area contributed by atoms with Crippen LogP contribution in [0.4, 0.5) is 5.69 Å². The van der Waals surface area contributed by atoms with E-state index in [1.165, 1.54) is 10.4 Å². The molecule has 0 saturated carbocycles. The van der Waals surface area contributed by atoms with E-state index in [1.807, 2.05) is 38.1 Å². The summed E-state index contributed by atoms with van der Waals surface area (Å²) in [5.41, 5.74) is 1.02. The van der Waals surface area contributed by atoms with E-state index in [1.54, 1.807) is 5.38 Å². The zero-order chi connectivity index (χ0) is 19.6. The summed E-state index contributed by atoms with van der Waals surface area (Å²) >= 11 is 7.07. The van der Waals surface area contributed by atoms with Crippen LogP contribution < -0.4 is 10.2 Å². The molecule has 1 amide bonds. The number of thiophene rings is 1. The number of carbonyl (C=O) groups is 1. The molecule has 0 spiro atoms. The SMILES string of the molecule is CC(C)NC(=O)c1sccc1S(=O)(=O)N1CCN(c2ccc(Cl)cc2)CC1. The van der Waals surface area contributed by atoms with E-state index >= 15 is 0 Å². The Morgan fingerprint density at radius 1 is 1.11 bits per heavy atom. The molecule has 2 heterocycles. The molecule has 6 nitrogen and oxygen atoms in total. The van der Waals surface area contributed by atoms with Crippen LogP contribution in [-0.2, 0) is 10.0 Å². The van der Waals surface area contributed by atoms with Crippen molar-refractivity contribution in [2.24, 2.45) is 0 Å². The summed E-state index contributed by atoms with van der Waals surface area (Å²) in [6.07, 6.45) is 0. The van der Waals surface area contributed by atoms with Gasteiger partial charge in [-0.3, -0.25) is 4.79 Å². The van der Waals surface area contributed by atoms with Gasteiger partial charge in [-0.1, -0.05) is 11.6 Å². The second kappa shape index (κ2) is 8.18. The molecule has 1 aliphatic rings. The minimum Gasteiger partial charge on any atom is -0.369 e. The van der Waals surface area contributed by atoms with Crippen LogP contribution in [0.2, 0.25) is 5.02 Å². The van der Waals surface area contributed by atoms with Crippen molar-refractivity contribution in [3.63, 3.8) is 0 Å². The number of hydrogen-bond acceptors (Lipinski definition) is 5. The summed E-state index contributed by atoms with van der Waals surface area (Å²) in [6, 6.07) is 8.97. The Hall–Kier alpha value is -1.61. The van der Waals surface area contributed by atoms with Crippen LogP contribution in [0.15, 0.2) is 40.6 Å². The zero-order valence-corrected chi connectivity index (χ0v) is 17.6. The molecule has 0 unspecified atom stereocenters. The zero-order valence-electron chi connectivity index (χ0n) is 15.2. The molecule has 27 heavy (non-hydrogen) atoms. The van der Waals surface area contributed by atoms with Gasteiger partial charge in [0.25, 0.3) is 5.91 Å². The lowest BCUT2D eigenvalue weighted by Crippen LogP contribution is -2.48. The van der Waals surface area contributed by atoms with Gasteiger partial charge in [-0.15, -0.1) is 11.3 Å². The van der Waals surface area contributed by atoms with Gasteiger partial charge in [0.1, 0.15) is 9.77 Å². The van der Waals surface area contributed by atoms with Crippen LogP contribution >= 0.6 is 22.9 Å². The number of sulfonamides is 1. The van der Waals surface area contributed by atoms with Crippen molar-refractivity contribution in [1.29, 1.82) is 0 Å². The molecule has 1 aromatic carbocycles. The maximum absolute atomic E-state index is 13.1. The smallest absolute Gasteiger partial charge is 0.262 e. The van der Waals surface area contributed by atoms with Gasteiger partial charge in [-0.2, -0.15) is 4.31 Å². The molecule has 146 valence electrons. The van der Waals surface area contributed by atoms with Crippen molar-refractivity contribution in [2.45, 2.75) is 24.8 Å². The molecule has 1 N–H and O–H groups in total. The Kier molecular flexibility index (Phi) is 6.10. The molecule has 0 bridgehead atoms. The van der Waals surface area contributed by atoms with E-state index in [2.05, 4.69) is 10.2 Å². The topological polar surface area (TPSA) is 69.7 Å². The normalized spacial score (nSPS) is 15.9. The first-order chi connectivity index (χ1) is 12.8. The highest BCUT2D eigenvalue weighted by atomic mass is 35.5. The van der Waals surface area contributed by atoms with Gasteiger partial charge in [0.05, 0.1) is 0 Å². The first-order valence-corrected chi connectivity index (χ1v) is 11.4. The second-order valence-electron chi connectivity index (χ2n) is 6.61. The van der Waals surface area contributed by atoms with Crippen LogP contribution in [0.5, 0.6) is 0 Å². The summed E-state index contributed by atoms with van der Waals surface area (Å²) in [5.74, 6) is -0.349. The van der Waals surface area contributed by atoms with Crippen molar-refractivity contribution >= 4 is 44.6 Å². The molecule has 0 atom stereocenters. The molecule has 1 aliphatic heterocycles. The molecule has 1 fully saturated rings. The Bertz CT molecular complexity index is 902. The number of nitrogens with one attached hydrogen (secondary N) is 1. The van der Waals surface area contributed by atoms with Gasteiger partial charge in [-0.25, -0.2) is 8.42 Å². The number of rotatable bonds is 5. The first-order valence-electron chi connectivity index (χ1n) is 8.68. The number of benzene rings is 1. The fourth-order valence-electron chi connectivity index (χ4n) is 2.97. The highest BCUT2D eigenvalue weighted by molar-refractivity contribution is 7.89. The summed E-state index contributed by atoms with van der Waals surface area (Å²) < 4.78 is 27.6. The average molecular weight is 428 g/mol. The fraction of sp³-hybridized carbons (Fsp3) is 0.389. The molecule has 3 rings (SSSR count). The molecular weight excluding hydrogens is 406 g/mol. The molecule has 1 saturated heterocycles. The van der Waals surface area contributed by atoms with E-state index in [0.717, 1.165) is 17.0 Å². The molecule has 0 radical (unpaired) electrons. The van der Waals surface area contributed by atoms with E-state index in [9.17, 15) is 13.2 Å². The van der Waals surface area contributed by atoms with Gasteiger partial charge in [-0.05, 0) is 49.6 Å². The summed E-state index contributed by atoms with van der Waals surface area (Å²) in [5, 5.41) is 5.08. The van der Waals surface area contributed by atoms with Crippen molar-refractivity contribution in [3.05, 3.63) is 45.6 Å². The number of carbonyl (C=O) groups excluding carboxylic acids is 1. The lowest BCUT2D eigenvalue weighted by atomic mass is 10.2. The van der Waals surface area contributed by atoms with Crippen LogP contribution in [0.1, 0.15) is 23.5 Å². The van der Waals surface area contributed by atoms with E-state index in [0.29, 0.717) is 31.2 Å². The van der Waals surface area contributed by atoms with Crippen molar-refractivity contribution in [2.75, 3.05) is 31.1 Å². The average Bonchev–Trinajstić information content (AvgIpc) is 3.13. The molecule has 9 heteroatoms.